The van der Waals surface area contributed by atoms with Gasteiger partial charge in [0.2, 0.25) is 0 Å². The number of thiol groups is 1. The number of benzene rings is 1. The molecule has 4 heteroatoms. The highest BCUT2D eigenvalue weighted by Crippen LogP contribution is 2.22. The van der Waals surface area contributed by atoms with Gasteiger partial charge in [0.05, 0.1) is 0 Å². The summed E-state index contributed by atoms with van der Waals surface area (Å²) in [5.41, 5.74) is 0.768. The average molecular weight is 267 g/mol. The SMILES string of the molecule is CCC1CN(C(=O)c2ccc(S)cc2)CCS1. The van der Waals surface area contributed by atoms with Gasteiger partial charge in [-0.15, -0.1) is 12.6 Å². The van der Waals surface area contributed by atoms with Gasteiger partial charge in [-0.25, -0.2) is 0 Å². The predicted octanol–water partition coefficient (Wildman–Crippen LogP) is 2.94. The molecule has 0 aliphatic carbocycles. The van der Waals surface area contributed by atoms with Gasteiger partial charge in [0, 0.05) is 34.6 Å². The van der Waals surface area contributed by atoms with E-state index in [1.54, 1.807) is 0 Å². The maximum atomic E-state index is 12.3. The van der Waals surface area contributed by atoms with Crippen LogP contribution in [0.2, 0.25) is 0 Å². The molecule has 1 atom stereocenters. The molecule has 92 valence electrons. The highest BCUT2D eigenvalue weighted by atomic mass is 32.2. The molecule has 1 heterocycles. The molecule has 1 aromatic rings. The van der Waals surface area contributed by atoms with Crippen molar-refractivity contribution in [3.05, 3.63) is 29.8 Å². The lowest BCUT2D eigenvalue weighted by atomic mass is 10.2. The molecule has 0 aromatic heterocycles. The molecule has 2 nitrogen and oxygen atoms in total. The summed E-state index contributed by atoms with van der Waals surface area (Å²) in [7, 11) is 0. The Morgan fingerprint density at radius 3 is 2.82 bits per heavy atom. The van der Waals surface area contributed by atoms with Crippen molar-refractivity contribution in [1.82, 2.24) is 4.90 Å². The van der Waals surface area contributed by atoms with E-state index in [4.69, 9.17) is 0 Å². The second-order valence-electron chi connectivity index (χ2n) is 4.20. The number of carbonyl (C=O) groups is 1. The summed E-state index contributed by atoms with van der Waals surface area (Å²) in [6.45, 7) is 3.92. The van der Waals surface area contributed by atoms with Crippen molar-refractivity contribution in [1.29, 1.82) is 0 Å². The Labute approximate surface area is 112 Å². The lowest BCUT2D eigenvalue weighted by Crippen LogP contribution is -2.41. The molecule has 1 fully saturated rings. The molecule has 0 bridgehead atoms. The van der Waals surface area contributed by atoms with Crippen LogP contribution >= 0.6 is 24.4 Å². The molecule has 0 N–H and O–H groups in total. The first-order valence-electron chi connectivity index (χ1n) is 5.90. The Morgan fingerprint density at radius 2 is 2.18 bits per heavy atom. The molecule has 0 saturated carbocycles. The van der Waals surface area contributed by atoms with Crippen molar-refractivity contribution >= 4 is 30.3 Å². The Hall–Kier alpha value is -0.610. The first-order chi connectivity index (χ1) is 8.20. The Morgan fingerprint density at radius 1 is 1.47 bits per heavy atom. The minimum Gasteiger partial charge on any atom is -0.337 e. The molecular weight excluding hydrogens is 250 g/mol. The van der Waals surface area contributed by atoms with Crippen molar-refractivity contribution in [2.45, 2.75) is 23.5 Å². The molecular formula is C13H17NOS2. The fraction of sp³-hybridized carbons (Fsp3) is 0.462. The van der Waals surface area contributed by atoms with Crippen LogP contribution in [0.1, 0.15) is 23.7 Å². The van der Waals surface area contributed by atoms with Gasteiger partial charge in [0.25, 0.3) is 5.91 Å². The molecule has 1 saturated heterocycles. The Balaban J connectivity index is 2.06. The van der Waals surface area contributed by atoms with Crippen LogP contribution in [0.3, 0.4) is 0 Å². The Kier molecular flexibility index (Phi) is 4.40. The van der Waals surface area contributed by atoms with Crippen LogP contribution in [0.5, 0.6) is 0 Å². The number of carbonyl (C=O) groups excluding carboxylic acids is 1. The molecule has 1 aliphatic rings. The number of nitrogens with zero attached hydrogens (tertiary/aromatic N) is 1. The third-order valence-corrected chi connectivity index (χ3v) is 4.67. The standard InChI is InChI=1S/C13H17NOS2/c1-2-12-9-14(7-8-17-12)13(15)10-3-5-11(16)6-4-10/h3-6,12,16H,2,7-9H2,1H3. The van der Waals surface area contributed by atoms with Gasteiger partial charge < -0.3 is 4.90 Å². The summed E-state index contributed by atoms with van der Waals surface area (Å²) >= 11 is 6.20. The number of amides is 1. The van der Waals surface area contributed by atoms with Crippen LogP contribution in [0.4, 0.5) is 0 Å². The molecule has 2 rings (SSSR count). The third kappa shape index (κ3) is 3.19. The topological polar surface area (TPSA) is 20.3 Å². The van der Waals surface area contributed by atoms with E-state index in [1.807, 2.05) is 40.9 Å². The van der Waals surface area contributed by atoms with E-state index in [-0.39, 0.29) is 5.91 Å². The molecule has 0 radical (unpaired) electrons. The quantitative estimate of drug-likeness (QED) is 0.831. The van der Waals surface area contributed by atoms with Crippen molar-refractivity contribution in [3.63, 3.8) is 0 Å². The minimum absolute atomic E-state index is 0.150. The smallest absolute Gasteiger partial charge is 0.253 e. The summed E-state index contributed by atoms with van der Waals surface area (Å²) in [4.78, 5) is 15.1. The molecule has 17 heavy (non-hydrogen) atoms. The zero-order valence-corrected chi connectivity index (χ0v) is 11.6. The second-order valence-corrected chi connectivity index (χ2v) is 6.12. The second kappa shape index (κ2) is 5.83. The van der Waals surface area contributed by atoms with Crippen LogP contribution in [0.15, 0.2) is 29.2 Å². The van der Waals surface area contributed by atoms with Crippen LogP contribution in [0, 0.1) is 0 Å². The van der Waals surface area contributed by atoms with E-state index in [9.17, 15) is 4.79 Å². The fourth-order valence-electron chi connectivity index (χ4n) is 1.94. The lowest BCUT2D eigenvalue weighted by molar-refractivity contribution is 0.0761. The van der Waals surface area contributed by atoms with Gasteiger partial charge in [0.1, 0.15) is 0 Å². The minimum atomic E-state index is 0.150. The summed E-state index contributed by atoms with van der Waals surface area (Å²) in [6.07, 6.45) is 1.13. The van der Waals surface area contributed by atoms with E-state index in [2.05, 4.69) is 19.6 Å². The number of hydrogen-bond donors (Lipinski definition) is 1. The predicted molar refractivity (Wildman–Crippen MR) is 76.1 cm³/mol. The average Bonchev–Trinajstić information content (AvgIpc) is 2.39. The number of hydrogen-bond acceptors (Lipinski definition) is 3. The first kappa shape index (κ1) is 12.8. The normalized spacial score (nSPS) is 20.4. The fourth-order valence-corrected chi connectivity index (χ4v) is 3.27. The van der Waals surface area contributed by atoms with Crippen molar-refractivity contribution in [2.75, 3.05) is 18.8 Å². The Bertz CT molecular complexity index is 391. The molecule has 1 unspecified atom stereocenters. The first-order valence-corrected chi connectivity index (χ1v) is 7.40. The summed E-state index contributed by atoms with van der Waals surface area (Å²) < 4.78 is 0. The van der Waals surface area contributed by atoms with Gasteiger partial charge in [-0.3, -0.25) is 4.79 Å². The van der Waals surface area contributed by atoms with E-state index < -0.39 is 0 Å². The highest BCUT2D eigenvalue weighted by molar-refractivity contribution is 8.00. The molecule has 1 amide bonds. The zero-order chi connectivity index (χ0) is 12.3. The van der Waals surface area contributed by atoms with Crippen molar-refractivity contribution < 1.29 is 4.79 Å². The van der Waals surface area contributed by atoms with Gasteiger partial charge in [-0.1, -0.05) is 6.92 Å². The molecule has 1 aromatic carbocycles. The van der Waals surface area contributed by atoms with Crippen molar-refractivity contribution in [2.24, 2.45) is 0 Å². The highest BCUT2D eigenvalue weighted by Gasteiger charge is 2.23. The van der Waals surface area contributed by atoms with Gasteiger partial charge in [-0.05, 0) is 30.7 Å². The summed E-state index contributed by atoms with van der Waals surface area (Å²) in [6, 6.07) is 7.44. The number of thioether (sulfide) groups is 1. The van der Waals surface area contributed by atoms with Crippen LogP contribution in [-0.4, -0.2) is 34.9 Å². The van der Waals surface area contributed by atoms with Crippen LogP contribution in [0.25, 0.3) is 0 Å². The van der Waals surface area contributed by atoms with E-state index >= 15 is 0 Å². The van der Waals surface area contributed by atoms with Crippen LogP contribution in [-0.2, 0) is 0 Å². The maximum Gasteiger partial charge on any atom is 0.253 e. The van der Waals surface area contributed by atoms with Crippen molar-refractivity contribution in [3.8, 4) is 0 Å². The van der Waals surface area contributed by atoms with E-state index in [0.717, 1.165) is 35.7 Å². The van der Waals surface area contributed by atoms with Gasteiger partial charge >= 0.3 is 0 Å². The van der Waals surface area contributed by atoms with Gasteiger partial charge in [-0.2, -0.15) is 11.8 Å². The third-order valence-electron chi connectivity index (χ3n) is 3.00. The zero-order valence-electron chi connectivity index (χ0n) is 9.93. The number of rotatable bonds is 2. The molecule has 1 aliphatic heterocycles. The molecule has 0 spiro atoms. The van der Waals surface area contributed by atoms with Crippen LogP contribution < -0.4 is 0 Å². The summed E-state index contributed by atoms with van der Waals surface area (Å²) in [5.74, 6) is 1.20. The van der Waals surface area contributed by atoms with E-state index in [1.165, 1.54) is 0 Å². The maximum absolute atomic E-state index is 12.3. The lowest BCUT2D eigenvalue weighted by Gasteiger charge is -2.32. The largest absolute Gasteiger partial charge is 0.337 e. The van der Waals surface area contributed by atoms with Gasteiger partial charge in [0.15, 0.2) is 0 Å². The monoisotopic (exact) mass is 267 g/mol. The summed E-state index contributed by atoms with van der Waals surface area (Å²) in [5, 5.41) is 0.594. The van der Waals surface area contributed by atoms with E-state index in [0.29, 0.717) is 5.25 Å².